The van der Waals surface area contributed by atoms with Crippen LogP contribution >= 0.6 is 0 Å². The Labute approximate surface area is 70.7 Å². The summed E-state index contributed by atoms with van der Waals surface area (Å²) in [4.78, 5) is 0. The summed E-state index contributed by atoms with van der Waals surface area (Å²) >= 11 is 0. The van der Waals surface area contributed by atoms with E-state index in [4.69, 9.17) is 0 Å². The molecule has 0 amide bonds. The van der Waals surface area contributed by atoms with Gasteiger partial charge in [-0.25, -0.2) is 0 Å². The predicted octanol–water partition coefficient (Wildman–Crippen LogP) is -8.99. The van der Waals surface area contributed by atoms with Gasteiger partial charge in [-0.1, -0.05) is 0 Å². The molecule has 0 rings (SSSR count). The van der Waals surface area contributed by atoms with Gasteiger partial charge in [0.05, 0.1) is 0 Å². The van der Waals surface area contributed by atoms with Crippen molar-refractivity contribution in [3.63, 3.8) is 0 Å². The van der Waals surface area contributed by atoms with E-state index >= 15 is 0 Å². The van der Waals surface area contributed by atoms with Gasteiger partial charge in [0, 0.05) is 20.4 Å². The molecule has 1 radical (unpaired) electrons. The third kappa shape index (κ3) is 8.93. The van der Waals surface area contributed by atoms with Crippen molar-refractivity contribution in [2.45, 2.75) is 0 Å². The van der Waals surface area contributed by atoms with Crippen molar-refractivity contribution in [2.75, 3.05) is 0 Å². The van der Waals surface area contributed by atoms with E-state index in [0.29, 0.717) is 0 Å². The second-order valence-electron chi connectivity index (χ2n) is 0. The zero-order chi connectivity index (χ0) is 0. The first kappa shape index (κ1) is 35.9. The maximum Gasteiger partial charge on any atom is 0 e. The summed E-state index contributed by atoms with van der Waals surface area (Å²) in [6.45, 7) is 0. The number of halogens is 3. The molecule has 0 aromatic heterocycles. The van der Waals surface area contributed by atoms with Crippen LogP contribution < -0.4 is 50.9 Å². The van der Waals surface area contributed by atoms with E-state index in [2.05, 4.69) is 0 Å². The average molecular weight is 426 g/mol. The SMILES string of the molecule is [Br-].[Br-].[Br-].[Re]. The minimum absolute atomic E-state index is 0. The Balaban J connectivity index is 0. The smallest absolute Gasteiger partial charge is 0 e. The van der Waals surface area contributed by atoms with Crippen LogP contribution in [0.4, 0.5) is 0 Å². The monoisotopic (exact) mass is 424 g/mol. The van der Waals surface area contributed by atoms with Gasteiger partial charge in [-0.3, -0.25) is 0 Å². The Kier molecular flexibility index (Phi) is 175. The number of hydrogen-bond acceptors (Lipinski definition) is 0. The van der Waals surface area contributed by atoms with Crippen LogP contribution in [0.1, 0.15) is 0 Å². The molecule has 0 nitrogen and oxygen atoms in total. The molecule has 4 heavy (non-hydrogen) atoms. The first-order valence-corrected chi connectivity index (χ1v) is 0. The molecule has 0 aromatic rings. The summed E-state index contributed by atoms with van der Waals surface area (Å²) in [5.41, 5.74) is 0. The summed E-state index contributed by atoms with van der Waals surface area (Å²) in [7, 11) is 0. The maximum atomic E-state index is 0. The van der Waals surface area contributed by atoms with Crippen molar-refractivity contribution in [2.24, 2.45) is 0 Å². The van der Waals surface area contributed by atoms with Crippen molar-refractivity contribution in [1.82, 2.24) is 0 Å². The molecular weight excluding hydrogens is 426 g/mol. The Morgan fingerprint density at radius 3 is 0.500 bits per heavy atom. The standard InChI is InChI=1S/3BrH.Re/h3*1H;/p-3. The van der Waals surface area contributed by atoms with E-state index in [9.17, 15) is 0 Å². The molecule has 0 unspecified atom stereocenters. The van der Waals surface area contributed by atoms with E-state index in [-0.39, 0.29) is 71.4 Å². The van der Waals surface area contributed by atoms with Crippen LogP contribution in [-0.2, 0) is 20.4 Å². The van der Waals surface area contributed by atoms with Gasteiger partial charge in [0.2, 0.25) is 0 Å². The summed E-state index contributed by atoms with van der Waals surface area (Å²) in [5, 5.41) is 0. The van der Waals surface area contributed by atoms with Crippen molar-refractivity contribution >= 4 is 0 Å². The molecule has 0 saturated heterocycles. The summed E-state index contributed by atoms with van der Waals surface area (Å²) in [6.07, 6.45) is 0. The molecule has 0 aromatic carbocycles. The Morgan fingerprint density at radius 2 is 0.500 bits per heavy atom. The molecule has 0 atom stereocenters. The molecule has 0 fully saturated rings. The van der Waals surface area contributed by atoms with Gasteiger partial charge in [-0.15, -0.1) is 0 Å². The van der Waals surface area contributed by atoms with Gasteiger partial charge in [0.1, 0.15) is 0 Å². The second kappa shape index (κ2) is 19.4. The van der Waals surface area contributed by atoms with Crippen LogP contribution in [0.5, 0.6) is 0 Å². The Morgan fingerprint density at radius 1 is 0.500 bits per heavy atom. The van der Waals surface area contributed by atoms with Gasteiger partial charge in [0.15, 0.2) is 0 Å². The van der Waals surface area contributed by atoms with E-state index in [1.807, 2.05) is 0 Å². The first-order valence-electron chi connectivity index (χ1n) is 0. The third-order valence-corrected chi connectivity index (χ3v) is 0. The normalized spacial score (nSPS) is 0. The van der Waals surface area contributed by atoms with E-state index in [1.54, 1.807) is 0 Å². The third-order valence-electron chi connectivity index (χ3n) is 0. The fraction of sp³-hybridized carbons (Fsp3) is 0. The quantitative estimate of drug-likeness (QED) is 0.362. The van der Waals surface area contributed by atoms with Gasteiger partial charge in [-0.2, -0.15) is 0 Å². The number of hydrogen-bond donors (Lipinski definition) is 0. The molecule has 31 valence electrons. The minimum atomic E-state index is 0. The van der Waals surface area contributed by atoms with Crippen LogP contribution in [0.25, 0.3) is 0 Å². The van der Waals surface area contributed by atoms with Crippen LogP contribution in [0.3, 0.4) is 0 Å². The fourth-order valence-electron chi connectivity index (χ4n) is 0. The molecule has 0 aliphatic rings. The van der Waals surface area contributed by atoms with Crippen molar-refractivity contribution in [1.29, 1.82) is 0 Å². The second-order valence-corrected chi connectivity index (χ2v) is 0. The average Bonchev–Trinajstić information content (AvgIpc) is 0. The van der Waals surface area contributed by atoms with Crippen molar-refractivity contribution in [3.05, 3.63) is 0 Å². The zero-order valence-electron chi connectivity index (χ0n) is 1.51. The van der Waals surface area contributed by atoms with Gasteiger partial charge in [0.25, 0.3) is 0 Å². The number of rotatable bonds is 0. The Hall–Kier alpha value is 2.10. The fourth-order valence-corrected chi connectivity index (χ4v) is 0. The minimum Gasteiger partial charge on any atom is -1.00 e. The Bertz CT molecular complexity index is 3.25. The molecule has 4 heteroatoms. The van der Waals surface area contributed by atoms with Gasteiger partial charge in [-0.05, 0) is 0 Å². The molecular formula is Br3Re-3. The zero-order valence-corrected chi connectivity index (χ0v) is 8.99. The molecule has 0 aliphatic heterocycles. The largest absolute Gasteiger partial charge is 1.00 e. The van der Waals surface area contributed by atoms with E-state index in [0.717, 1.165) is 0 Å². The van der Waals surface area contributed by atoms with Crippen LogP contribution in [0.15, 0.2) is 0 Å². The molecule has 0 heterocycles. The van der Waals surface area contributed by atoms with Crippen molar-refractivity contribution in [3.8, 4) is 0 Å². The summed E-state index contributed by atoms with van der Waals surface area (Å²) in [6, 6.07) is 0. The van der Waals surface area contributed by atoms with Gasteiger partial charge >= 0.3 is 0 Å². The van der Waals surface area contributed by atoms with Crippen LogP contribution in [-0.4, -0.2) is 0 Å². The molecule has 0 N–H and O–H groups in total. The van der Waals surface area contributed by atoms with Crippen LogP contribution in [0.2, 0.25) is 0 Å². The molecule has 0 spiro atoms. The predicted molar refractivity (Wildman–Crippen MR) is 0 cm³/mol. The summed E-state index contributed by atoms with van der Waals surface area (Å²) < 4.78 is 0. The maximum absolute atomic E-state index is 0. The van der Waals surface area contributed by atoms with Crippen LogP contribution in [0, 0.1) is 0 Å². The summed E-state index contributed by atoms with van der Waals surface area (Å²) in [5.74, 6) is 0. The topological polar surface area (TPSA) is 0 Å². The van der Waals surface area contributed by atoms with Crippen molar-refractivity contribution < 1.29 is 71.4 Å². The van der Waals surface area contributed by atoms with E-state index < -0.39 is 0 Å². The molecule has 0 saturated carbocycles. The van der Waals surface area contributed by atoms with Gasteiger partial charge < -0.3 is 50.9 Å². The molecule has 0 aliphatic carbocycles. The van der Waals surface area contributed by atoms with E-state index in [1.165, 1.54) is 0 Å². The first-order chi connectivity index (χ1) is 0. The molecule has 0 bridgehead atoms.